The minimum absolute atomic E-state index is 0.0153. The zero-order valence-electron chi connectivity index (χ0n) is 39.3. The lowest BCUT2D eigenvalue weighted by atomic mass is 9.67. The van der Waals surface area contributed by atoms with E-state index in [2.05, 4.69) is 76.3 Å². The Kier molecular flexibility index (Phi) is 14.9. The van der Waals surface area contributed by atoms with Crippen molar-refractivity contribution in [2.24, 2.45) is 11.1 Å². The SMILES string of the molecule is CN(C(=O)CCCc1ccc(-c2ccccc2)c(NC(=O)OC2(C(C)(C)C)CCC(N)CC2)c1)c1ccc(CNC[C@@H](O[Si](C)(C)C(C)(C)C)c2ccc(O)c3[nH]c(=O)ccc23)cc1. The van der Waals surface area contributed by atoms with Crippen LogP contribution in [0.3, 0.4) is 0 Å². The summed E-state index contributed by atoms with van der Waals surface area (Å²) in [5.74, 6) is 0.0341. The number of aryl methyl sites for hydroxylation is 1. The number of fused-ring (bicyclic) bond motifs is 1. The molecule has 2 amide bonds. The number of aromatic nitrogens is 1. The Hall–Kier alpha value is -5.27. The Morgan fingerprint density at radius 1 is 0.922 bits per heavy atom. The van der Waals surface area contributed by atoms with E-state index in [1.165, 1.54) is 6.07 Å². The molecule has 1 saturated carbocycles. The third-order valence-electron chi connectivity index (χ3n) is 13.6. The first-order valence-electron chi connectivity index (χ1n) is 22.7. The average molecular weight is 888 g/mol. The number of H-pyrrole nitrogens is 1. The van der Waals surface area contributed by atoms with E-state index < -0.39 is 20.0 Å². The summed E-state index contributed by atoms with van der Waals surface area (Å²) in [5, 5.41) is 18.0. The lowest BCUT2D eigenvalue weighted by molar-refractivity contribution is -0.118. The fourth-order valence-electron chi connectivity index (χ4n) is 8.37. The fourth-order valence-corrected chi connectivity index (χ4v) is 9.65. The van der Waals surface area contributed by atoms with Crippen molar-refractivity contribution in [1.29, 1.82) is 0 Å². The molecule has 11 nitrogen and oxygen atoms in total. The number of pyridine rings is 1. The van der Waals surface area contributed by atoms with Crippen LogP contribution in [0.25, 0.3) is 22.0 Å². The van der Waals surface area contributed by atoms with Gasteiger partial charge in [-0.05, 0) is 109 Å². The molecule has 1 heterocycles. The van der Waals surface area contributed by atoms with E-state index in [9.17, 15) is 19.5 Å². The number of nitrogens with two attached hydrogens (primary N) is 1. The van der Waals surface area contributed by atoms with Crippen LogP contribution >= 0.6 is 0 Å². The number of phenols is 1. The van der Waals surface area contributed by atoms with Crippen molar-refractivity contribution in [2.75, 3.05) is 23.8 Å². The quantitative estimate of drug-likeness (QED) is 0.0650. The van der Waals surface area contributed by atoms with Crippen LogP contribution in [0.15, 0.2) is 102 Å². The minimum Gasteiger partial charge on any atom is -0.506 e. The second-order valence-corrected chi connectivity index (χ2v) is 24.9. The van der Waals surface area contributed by atoms with Gasteiger partial charge in [0.2, 0.25) is 11.5 Å². The van der Waals surface area contributed by atoms with Crippen LogP contribution in [0.1, 0.15) is 103 Å². The molecule has 4 aromatic carbocycles. The highest BCUT2D eigenvalue weighted by Crippen LogP contribution is 2.45. The zero-order valence-corrected chi connectivity index (χ0v) is 40.3. The highest BCUT2D eigenvalue weighted by Gasteiger charge is 2.47. The van der Waals surface area contributed by atoms with Crippen LogP contribution in [-0.2, 0) is 26.9 Å². The van der Waals surface area contributed by atoms with Crippen LogP contribution in [0.5, 0.6) is 5.75 Å². The van der Waals surface area contributed by atoms with Gasteiger partial charge in [-0.15, -0.1) is 0 Å². The highest BCUT2D eigenvalue weighted by molar-refractivity contribution is 6.74. The van der Waals surface area contributed by atoms with Gasteiger partial charge in [0.15, 0.2) is 8.32 Å². The molecule has 1 aliphatic rings. The van der Waals surface area contributed by atoms with Crippen molar-refractivity contribution >= 4 is 42.6 Å². The van der Waals surface area contributed by atoms with E-state index in [4.69, 9.17) is 14.9 Å². The monoisotopic (exact) mass is 888 g/mol. The van der Waals surface area contributed by atoms with Crippen molar-refractivity contribution < 1.29 is 23.9 Å². The maximum atomic E-state index is 13.7. The Morgan fingerprint density at radius 3 is 2.25 bits per heavy atom. The topological polar surface area (TPSA) is 159 Å². The van der Waals surface area contributed by atoms with Crippen LogP contribution in [-0.4, -0.2) is 55.6 Å². The molecule has 6 N–H and O–H groups in total. The van der Waals surface area contributed by atoms with Crippen LogP contribution in [0, 0.1) is 5.41 Å². The number of ether oxygens (including phenoxy) is 1. The fraction of sp³-hybridized carbons (Fsp3) is 0.442. The normalized spacial score (nSPS) is 17.5. The average Bonchev–Trinajstić information content (AvgIpc) is 3.24. The number of carbonyl (C=O) groups is 2. The summed E-state index contributed by atoms with van der Waals surface area (Å²) < 4.78 is 13.3. The summed E-state index contributed by atoms with van der Waals surface area (Å²) in [6.45, 7) is 18.5. The van der Waals surface area contributed by atoms with Gasteiger partial charge >= 0.3 is 6.09 Å². The molecular weight excluding hydrogens is 819 g/mol. The van der Waals surface area contributed by atoms with Gasteiger partial charge in [-0.3, -0.25) is 14.9 Å². The number of anilines is 2. The smallest absolute Gasteiger partial charge is 0.412 e. The van der Waals surface area contributed by atoms with E-state index in [-0.39, 0.29) is 39.8 Å². The van der Waals surface area contributed by atoms with Crippen molar-refractivity contribution in [3.05, 3.63) is 124 Å². The summed E-state index contributed by atoms with van der Waals surface area (Å²) in [6.07, 6.45) is 3.93. The van der Waals surface area contributed by atoms with Crippen LogP contribution in [0.4, 0.5) is 16.2 Å². The Balaban J connectivity index is 1.07. The maximum absolute atomic E-state index is 13.7. The predicted molar refractivity (Wildman–Crippen MR) is 262 cm³/mol. The number of carbonyl (C=O) groups excluding carboxylic acids is 2. The Morgan fingerprint density at radius 2 is 1.59 bits per heavy atom. The van der Waals surface area contributed by atoms with Crippen LogP contribution < -0.4 is 26.8 Å². The summed E-state index contributed by atoms with van der Waals surface area (Å²) >= 11 is 0. The predicted octanol–water partition coefficient (Wildman–Crippen LogP) is 11.0. The first-order chi connectivity index (χ1) is 30.2. The van der Waals surface area contributed by atoms with E-state index in [1.54, 1.807) is 24.1 Å². The van der Waals surface area contributed by atoms with Gasteiger partial charge in [0.05, 0.1) is 17.3 Å². The van der Waals surface area contributed by atoms with E-state index in [0.717, 1.165) is 64.6 Å². The molecule has 1 aliphatic carbocycles. The first kappa shape index (κ1) is 48.2. The van der Waals surface area contributed by atoms with E-state index in [0.29, 0.717) is 43.6 Å². The number of aromatic hydroxyl groups is 1. The van der Waals surface area contributed by atoms with Gasteiger partial charge in [-0.2, -0.15) is 0 Å². The molecule has 0 bridgehead atoms. The molecule has 1 aromatic heterocycles. The molecule has 5 aromatic rings. The summed E-state index contributed by atoms with van der Waals surface area (Å²) in [5.41, 5.74) is 11.8. The standard InChI is InChI=1S/C52H69N5O6Si/c1-50(2,3)52(30-28-38(53)29-31-52)62-49(61)55-43-32-35(20-23-40(43)37-15-11-10-12-16-37)14-13-17-47(60)57(7)39-21-18-36(19-22-39)33-54-34-45(63-64(8,9)51(4,5)6)41-24-26-44(58)48-42(41)25-27-46(59)56-48/h10-12,15-16,18-27,32,38,45,54,58H,13-14,17,28-31,33-34,53H2,1-9H3,(H,55,61)(H,56,59)/t38?,45-,52?/m1/s1. The second-order valence-electron chi connectivity index (χ2n) is 20.1. The number of benzene rings is 4. The molecule has 6 rings (SSSR count). The lowest BCUT2D eigenvalue weighted by Gasteiger charge is -2.47. The third-order valence-corrected chi connectivity index (χ3v) is 18.1. The molecule has 1 atom stereocenters. The molecule has 0 spiro atoms. The van der Waals surface area contributed by atoms with Gasteiger partial charge in [0.25, 0.3) is 0 Å². The van der Waals surface area contributed by atoms with Gasteiger partial charge in [0, 0.05) is 60.7 Å². The lowest BCUT2D eigenvalue weighted by Crippen LogP contribution is -2.51. The molecule has 0 radical (unpaired) electrons. The molecule has 0 saturated heterocycles. The van der Waals surface area contributed by atoms with Gasteiger partial charge in [0.1, 0.15) is 11.4 Å². The summed E-state index contributed by atoms with van der Waals surface area (Å²) in [6, 6.07) is 30.9. The van der Waals surface area contributed by atoms with Gasteiger partial charge in [-0.25, -0.2) is 4.79 Å². The number of rotatable bonds is 15. The molecule has 12 heteroatoms. The number of nitrogens with one attached hydrogen (secondary N) is 3. The highest BCUT2D eigenvalue weighted by atomic mass is 28.4. The molecule has 0 aliphatic heterocycles. The molecular formula is C52H69N5O6Si. The molecule has 0 unspecified atom stereocenters. The van der Waals surface area contributed by atoms with Crippen molar-refractivity contribution in [2.45, 2.75) is 129 Å². The number of phenolic OH excluding ortho intramolecular Hbond substituents is 1. The van der Waals surface area contributed by atoms with Gasteiger partial charge < -0.3 is 35.2 Å². The Labute approximate surface area is 380 Å². The number of aromatic amines is 1. The summed E-state index contributed by atoms with van der Waals surface area (Å²) in [4.78, 5) is 43.8. The molecule has 342 valence electrons. The number of amides is 2. The minimum atomic E-state index is -2.23. The largest absolute Gasteiger partial charge is 0.506 e. The van der Waals surface area contributed by atoms with Crippen molar-refractivity contribution in [3.63, 3.8) is 0 Å². The maximum Gasteiger partial charge on any atom is 0.412 e. The second kappa shape index (κ2) is 19.9. The van der Waals surface area contributed by atoms with Crippen molar-refractivity contribution in [3.8, 4) is 16.9 Å². The first-order valence-corrected chi connectivity index (χ1v) is 25.6. The van der Waals surface area contributed by atoms with E-state index >= 15 is 0 Å². The number of nitrogens with zero attached hydrogens (tertiary/aromatic N) is 1. The van der Waals surface area contributed by atoms with Crippen LogP contribution in [0.2, 0.25) is 18.1 Å². The third kappa shape index (κ3) is 11.5. The summed E-state index contributed by atoms with van der Waals surface area (Å²) in [7, 11) is -0.421. The molecule has 64 heavy (non-hydrogen) atoms. The number of hydrogen-bond acceptors (Lipinski definition) is 8. The van der Waals surface area contributed by atoms with Gasteiger partial charge in [-0.1, -0.05) is 102 Å². The Bertz CT molecular complexity index is 2450. The number of hydrogen-bond donors (Lipinski definition) is 5. The van der Waals surface area contributed by atoms with Crippen molar-refractivity contribution in [1.82, 2.24) is 10.3 Å². The van der Waals surface area contributed by atoms with E-state index in [1.807, 2.05) is 72.8 Å². The molecule has 1 fully saturated rings. The zero-order chi connectivity index (χ0) is 46.5.